The normalized spacial score (nSPS) is 16.5. The second-order valence-electron chi connectivity index (χ2n) is 8.62. The lowest BCUT2D eigenvalue weighted by Crippen LogP contribution is -2.38. The van der Waals surface area contributed by atoms with Crippen LogP contribution in [0.15, 0.2) is 12.1 Å². The van der Waals surface area contributed by atoms with Crippen LogP contribution in [0.3, 0.4) is 0 Å². The van der Waals surface area contributed by atoms with E-state index in [1.165, 1.54) is 4.88 Å². The lowest BCUT2D eigenvalue weighted by atomic mass is 10.0. The summed E-state index contributed by atoms with van der Waals surface area (Å²) in [6, 6.07) is 1.77. The summed E-state index contributed by atoms with van der Waals surface area (Å²) in [5.41, 5.74) is 4.83. The fourth-order valence-corrected chi connectivity index (χ4v) is 5.01. The second-order valence-corrected chi connectivity index (χ2v) is 9.83. The Labute approximate surface area is 198 Å². The van der Waals surface area contributed by atoms with Crippen LogP contribution >= 0.6 is 11.3 Å². The highest BCUT2D eigenvalue weighted by molar-refractivity contribution is 7.15. The first-order chi connectivity index (χ1) is 15.7. The van der Waals surface area contributed by atoms with Crippen LogP contribution < -0.4 is 5.32 Å². The largest absolute Gasteiger partial charge is 0.329 e. The van der Waals surface area contributed by atoms with E-state index >= 15 is 0 Å². The molecule has 0 aromatic carbocycles. The van der Waals surface area contributed by atoms with Crippen LogP contribution in [0.2, 0.25) is 0 Å². The smallest absolute Gasteiger partial charge is 0.247 e. The van der Waals surface area contributed by atoms with E-state index in [0.29, 0.717) is 18.2 Å². The molecule has 1 aliphatic heterocycles. The maximum atomic E-state index is 13.2. The van der Waals surface area contributed by atoms with Gasteiger partial charge < -0.3 is 10.2 Å². The van der Waals surface area contributed by atoms with Gasteiger partial charge in [0.25, 0.3) is 0 Å². The van der Waals surface area contributed by atoms with E-state index < -0.39 is 0 Å². The summed E-state index contributed by atoms with van der Waals surface area (Å²) in [5.74, 6) is 1.37. The van der Waals surface area contributed by atoms with Gasteiger partial charge >= 0.3 is 0 Å². The number of aromatic nitrogens is 5. The molecule has 8 nitrogen and oxygen atoms in total. The number of rotatable bonds is 5. The lowest BCUT2D eigenvalue weighted by molar-refractivity contribution is -0.129. The Kier molecular flexibility index (Phi) is 6.60. The van der Waals surface area contributed by atoms with E-state index in [1.54, 1.807) is 17.4 Å². The molecular weight excluding hydrogens is 434 g/mol. The molecule has 1 aliphatic rings. The average Bonchev–Trinajstić information content (AvgIpc) is 3.21. The molecule has 0 saturated carbocycles. The highest BCUT2D eigenvalue weighted by atomic mass is 32.1. The topological polar surface area (TPSA) is 88.8 Å². The van der Waals surface area contributed by atoms with Crippen molar-refractivity contribution < 1.29 is 4.79 Å². The summed E-state index contributed by atoms with van der Waals surface area (Å²) in [6.07, 6.45) is 6.41. The van der Waals surface area contributed by atoms with Crippen molar-refractivity contribution in [3.8, 4) is 0 Å². The Hall–Kier alpha value is -3.07. The molecule has 4 rings (SSSR count). The Morgan fingerprint density at radius 1 is 1.12 bits per heavy atom. The van der Waals surface area contributed by atoms with Crippen molar-refractivity contribution in [2.24, 2.45) is 7.05 Å². The molecule has 1 amide bonds. The first-order valence-corrected chi connectivity index (χ1v) is 12.1. The molecule has 0 aliphatic carbocycles. The highest BCUT2D eigenvalue weighted by Crippen LogP contribution is 2.31. The van der Waals surface area contributed by atoms with Crippen LogP contribution in [0.1, 0.15) is 64.3 Å². The molecule has 1 N–H and O–H groups in total. The van der Waals surface area contributed by atoms with Gasteiger partial charge in [0.15, 0.2) is 11.0 Å². The molecule has 1 atom stereocenters. The van der Waals surface area contributed by atoms with Crippen LogP contribution in [-0.4, -0.2) is 42.1 Å². The summed E-state index contributed by atoms with van der Waals surface area (Å²) in [4.78, 5) is 30.3. The summed E-state index contributed by atoms with van der Waals surface area (Å²) in [5, 5.41) is 8.57. The number of hydrogen-bond acceptors (Lipinski definition) is 7. The van der Waals surface area contributed by atoms with Gasteiger partial charge in [-0.3, -0.25) is 9.48 Å². The summed E-state index contributed by atoms with van der Waals surface area (Å²) in [6.45, 7) is 10.7. The van der Waals surface area contributed by atoms with Crippen molar-refractivity contribution in [3.63, 3.8) is 0 Å². The average molecular weight is 466 g/mol. The van der Waals surface area contributed by atoms with Crippen molar-refractivity contribution in [1.29, 1.82) is 0 Å². The SMILES string of the molecule is Cc1cc(Nc2nc(C)c(C)s2)nc(C2CCCCN2C(=O)/C=C/c2c(C)nn(C)c2C)n1. The third kappa shape index (κ3) is 4.98. The molecule has 174 valence electrons. The molecule has 1 unspecified atom stereocenters. The van der Waals surface area contributed by atoms with Crippen LogP contribution in [0.25, 0.3) is 6.08 Å². The van der Waals surface area contributed by atoms with Crippen molar-refractivity contribution in [2.45, 2.75) is 59.9 Å². The molecule has 3 aromatic heterocycles. The molecule has 4 heterocycles. The van der Waals surface area contributed by atoms with Crippen molar-refractivity contribution in [3.05, 3.63) is 51.2 Å². The number of piperidine rings is 1. The van der Waals surface area contributed by atoms with Gasteiger partial charge in [0.2, 0.25) is 5.91 Å². The number of nitrogens with one attached hydrogen (secondary N) is 1. The van der Waals surface area contributed by atoms with Gasteiger partial charge in [0.05, 0.1) is 17.4 Å². The van der Waals surface area contributed by atoms with Crippen molar-refractivity contribution in [1.82, 2.24) is 29.6 Å². The summed E-state index contributed by atoms with van der Waals surface area (Å²) < 4.78 is 1.84. The predicted octanol–water partition coefficient (Wildman–Crippen LogP) is 4.72. The first kappa shape index (κ1) is 23.1. The van der Waals surface area contributed by atoms with E-state index in [0.717, 1.165) is 52.7 Å². The Bertz CT molecular complexity index is 1190. The zero-order valence-electron chi connectivity index (χ0n) is 20.1. The van der Waals surface area contributed by atoms with E-state index in [1.807, 2.05) is 56.5 Å². The number of carbonyl (C=O) groups is 1. The van der Waals surface area contributed by atoms with Crippen LogP contribution in [0.5, 0.6) is 0 Å². The Balaban J connectivity index is 1.58. The maximum absolute atomic E-state index is 13.2. The molecule has 9 heteroatoms. The van der Waals surface area contributed by atoms with Gasteiger partial charge in [0.1, 0.15) is 5.82 Å². The molecular formula is C24H31N7OS. The number of carbonyl (C=O) groups excluding carboxylic acids is 1. The van der Waals surface area contributed by atoms with E-state index in [4.69, 9.17) is 9.97 Å². The molecule has 33 heavy (non-hydrogen) atoms. The molecule has 0 radical (unpaired) electrons. The van der Waals surface area contributed by atoms with E-state index in [9.17, 15) is 4.79 Å². The van der Waals surface area contributed by atoms with Crippen LogP contribution in [-0.2, 0) is 11.8 Å². The number of nitrogens with zero attached hydrogens (tertiary/aromatic N) is 6. The monoisotopic (exact) mass is 465 g/mol. The van der Waals surface area contributed by atoms with E-state index in [-0.39, 0.29) is 11.9 Å². The standard InChI is InChI=1S/C24H31N7OS/c1-14-13-21(28-24-26-15(2)18(5)33-24)27-23(25-14)20-9-7-8-12-31(20)22(32)11-10-19-16(3)29-30(6)17(19)4/h10-11,13,20H,7-9,12H2,1-6H3,(H,25,26,27,28)/b11-10+. The maximum Gasteiger partial charge on any atom is 0.247 e. The van der Waals surface area contributed by atoms with Gasteiger partial charge in [-0.05, 0) is 60.0 Å². The molecule has 1 fully saturated rings. The molecule has 1 saturated heterocycles. The Morgan fingerprint density at radius 3 is 2.58 bits per heavy atom. The van der Waals surface area contributed by atoms with Crippen LogP contribution in [0, 0.1) is 34.6 Å². The number of likely N-dealkylation sites (tertiary alicyclic amines) is 1. The van der Waals surface area contributed by atoms with Gasteiger partial charge in [-0.15, -0.1) is 11.3 Å². The van der Waals surface area contributed by atoms with Gasteiger partial charge in [-0.2, -0.15) is 5.10 Å². The van der Waals surface area contributed by atoms with Gasteiger partial charge in [-0.1, -0.05) is 0 Å². The highest BCUT2D eigenvalue weighted by Gasteiger charge is 2.29. The lowest BCUT2D eigenvalue weighted by Gasteiger charge is -2.34. The van der Waals surface area contributed by atoms with Crippen molar-refractivity contribution in [2.75, 3.05) is 11.9 Å². The number of thiazole rings is 1. The number of aryl methyl sites for hydroxylation is 5. The van der Waals surface area contributed by atoms with E-state index in [2.05, 4.69) is 22.3 Å². The third-order valence-corrected chi connectivity index (χ3v) is 7.16. The first-order valence-electron chi connectivity index (χ1n) is 11.3. The number of amides is 1. The number of anilines is 2. The fraction of sp³-hybridized carbons (Fsp3) is 0.458. The zero-order chi connectivity index (χ0) is 23.7. The quantitative estimate of drug-likeness (QED) is 0.549. The van der Waals surface area contributed by atoms with Crippen LogP contribution in [0.4, 0.5) is 10.9 Å². The third-order valence-electron chi connectivity index (χ3n) is 6.18. The zero-order valence-corrected chi connectivity index (χ0v) is 21.0. The second kappa shape index (κ2) is 9.43. The Morgan fingerprint density at radius 2 is 1.91 bits per heavy atom. The molecule has 3 aromatic rings. The van der Waals surface area contributed by atoms with Gasteiger partial charge in [-0.25, -0.2) is 15.0 Å². The molecule has 0 bridgehead atoms. The molecule has 0 spiro atoms. The van der Waals surface area contributed by atoms with Crippen molar-refractivity contribution >= 4 is 34.3 Å². The predicted molar refractivity (Wildman–Crippen MR) is 132 cm³/mol. The fourth-order valence-electron chi connectivity index (χ4n) is 4.19. The summed E-state index contributed by atoms with van der Waals surface area (Å²) in [7, 11) is 1.91. The minimum atomic E-state index is -0.146. The summed E-state index contributed by atoms with van der Waals surface area (Å²) >= 11 is 1.61. The number of hydrogen-bond donors (Lipinski definition) is 1. The minimum absolute atomic E-state index is 0.0202. The minimum Gasteiger partial charge on any atom is -0.329 e. The van der Waals surface area contributed by atoms with Gasteiger partial charge in [0, 0.05) is 47.6 Å².